The summed E-state index contributed by atoms with van der Waals surface area (Å²) in [5.74, 6) is 0. The van der Waals surface area contributed by atoms with E-state index in [2.05, 4.69) is 69.3 Å². The van der Waals surface area contributed by atoms with Gasteiger partial charge in [-0.1, -0.05) is 117 Å². The van der Waals surface area contributed by atoms with Crippen LogP contribution in [0, 0.1) is 13.8 Å². The zero-order chi connectivity index (χ0) is 28.8. The van der Waals surface area contributed by atoms with E-state index < -0.39 is 29.9 Å². The lowest BCUT2D eigenvalue weighted by Crippen LogP contribution is -2.66. The van der Waals surface area contributed by atoms with Crippen molar-refractivity contribution in [3.05, 3.63) is 131 Å². The van der Waals surface area contributed by atoms with Gasteiger partial charge in [0.1, 0.15) is 0 Å². The molecule has 40 heavy (non-hydrogen) atoms. The molecule has 0 fully saturated rings. The largest absolute Gasteiger partial charge is 0.407 e. The van der Waals surface area contributed by atoms with Crippen molar-refractivity contribution in [2.24, 2.45) is 0 Å². The molecule has 2 unspecified atom stereocenters. The molecular formula is C34H38O3S2Si. The van der Waals surface area contributed by atoms with Gasteiger partial charge in [0.05, 0.1) is 21.6 Å². The van der Waals surface area contributed by atoms with Crippen molar-refractivity contribution >= 4 is 40.3 Å². The first kappa shape index (κ1) is 30.1. The Labute approximate surface area is 245 Å². The van der Waals surface area contributed by atoms with E-state index in [4.69, 9.17) is 4.43 Å². The molecule has 4 aromatic rings. The molecule has 208 valence electrons. The summed E-state index contributed by atoms with van der Waals surface area (Å²) in [7, 11) is -5.65. The molecule has 0 radical (unpaired) electrons. The van der Waals surface area contributed by atoms with Crippen molar-refractivity contribution in [2.75, 3.05) is 6.61 Å². The maximum absolute atomic E-state index is 13.8. The Morgan fingerprint density at radius 3 is 1.60 bits per heavy atom. The first-order valence-electron chi connectivity index (χ1n) is 13.5. The minimum absolute atomic E-state index is 0.166. The van der Waals surface area contributed by atoms with Gasteiger partial charge in [0, 0.05) is 33.1 Å². The summed E-state index contributed by atoms with van der Waals surface area (Å²) in [6, 6.07) is 36.3. The summed E-state index contributed by atoms with van der Waals surface area (Å²) < 4.78 is 34.3. The zero-order valence-electron chi connectivity index (χ0n) is 23.9. The molecule has 0 saturated heterocycles. The van der Waals surface area contributed by atoms with Crippen molar-refractivity contribution in [3.63, 3.8) is 0 Å². The van der Waals surface area contributed by atoms with Gasteiger partial charge in [0.2, 0.25) is 0 Å². The third-order valence-corrected chi connectivity index (χ3v) is 15.0. The molecule has 0 aliphatic rings. The number of hydrogen-bond donors (Lipinski definition) is 0. The minimum atomic E-state index is -2.75. The first-order valence-corrected chi connectivity index (χ1v) is 17.8. The molecule has 2 atom stereocenters. The summed E-state index contributed by atoms with van der Waals surface area (Å²) >= 11 is 0. The van der Waals surface area contributed by atoms with E-state index >= 15 is 0 Å². The Bertz CT molecular complexity index is 1440. The van der Waals surface area contributed by atoms with E-state index in [0.717, 1.165) is 11.1 Å². The molecular weight excluding hydrogens is 549 g/mol. The van der Waals surface area contributed by atoms with Gasteiger partial charge in [-0.05, 0) is 53.5 Å². The fourth-order valence-corrected chi connectivity index (χ4v) is 12.0. The van der Waals surface area contributed by atoms with Crippen LogP contribution in [0.15, 0.2) is 129 Å². The van der Waals surface area contributed by atoms with Gasteiger partial charge in [-0.2, -0.15) is 0 Å². The van der Waals surface area contributed by atoms with Crippen LogP contribution in [-0.4, -0.2) is 23.3 Å². The fraction of sp³-hybridized carbons (Fsp3) is 0.235. The molecule has 0 aliphatic carbocycles. The Morgan fingerprint density at radius 1 is 0.700 bits per heavy atom. The predicted molar refractivity (Wildman–Crippen MR) is 171 cm³/mol. The van der Waals surface area contributed by atoms with Crippen LogP contribution < -0.4 is 10.4 Å². The van der Waals surface area contributed by atoms with Gasteiger partial charge in [0.15, 0.2) is 0 Å². The first-order chi connectivity index (χ1) is 19.1. The third kappa shape index (κ3) is 6.86. The van der Waals surface area contributed by atoms with Crippen LogP contribution in [0.5, 0.6) is 0 Å². The smallest absolute Gasteiger partial charge is 0.261 e. The predicted octanol–water partition coefficient (Wildman–Crippen LogP) is 7.03. The highest BCUT2D eigenvalue weighted by Gasteiger charge is 2.50. The second-order valence-electron chi connectivity index (χ2n) is 11.0. The van der Waals surface area contributed by atoms with Crippen molar-refractivity contribution in [1.82, 2.24) is 0 Å². The standard InChI is InChI=1S/C34H38O3S2Si/c1-27-16-20-29(21-17-27)38(35)26-31(39(36)30-22-18-28(2)19-23-30)24-25-37-40(34(3,4)5,32-12-8-6-9-13-32)33-14-10-7-11-15-33/h6-23,26H,24-25H2,1-5H3/b31-26+. The average Bonchev–Trinajstić information content (AvgIpc) is 2.95. The van der Waals surface area contributed by atoms with Crippen molar-refractivity contribution in [1.29, 1.82) is 0 Å². The van der Waals surface area contributed by atoms with Crippen LogP contribution >= 0.6 is 0 Å². The molecule has 0 amide bonds. The van der Waals surface area contributed by atoms with Gasteiger partial charge >= 0.3 is 0 Å². The minimum Gasteiger partial charge on any atom is -0.407 e. The summed E-state index contributed by atoms with van der Waals surface area (Å²) in [4.78, 5) is 2.00. The van der Waals surface area contributed by atoms with Gasteiger partial charge in [0.25, 0.3) is 8.32 Å². The van der Waals surface area contributed by atoms with Crippen LogP contribution in [-0.2, 0) is 26.0 Å². The average molecular weight is 587 g/mol. The van der Waals surface area contributed by atoms with Crippen molar-refractivity contribution < 1.29 is 12.8 Å². The van der Waals surface area contributed by atoms with Crippen molar-refractivity contribution in [2.45, 2.75) is 55.9 Å². The zero-order valence-corrected chi connectivity index (χ0v) is 26.6. The highest BCUT2D eigenvalue weighted by atomic mass is 32.2. The second-order valence-corrected chi connectivity index (χ2v) is 18.2. The molecule has 0 N–H and O–H groups in total. The maximum atomic E-state index is 13.8. The van der Waals surface area contributed by atoms with Crippen LogP contribution in [0.3, 0.4) is 0 Å². The highest BCUT2D eigenvalue weighted by molar-refractivity contribution is 7.92. The maximum Gasteiger partial charge on any atom is 0.261 e. The fourth-order valence-electron chi connectivity index (χ4n) is 4.93. The van der Waals surface area contributed by atoms with Crippen LogP contribution in [0.25, 0.3) is 0 Å². The van der Waals surface area contributed by atoms with E-state index in [0.29, 0.717) is 27.7 Å². The van der Waals surface area contributed by atoms with Gasteiger partial charge in [-0.15, -0.1) is 0 Å². The van der Waals surface area contributed by atoms with Gasteiger partial charge in [-0.25, -0.2) is 8.42 Å². The molecule has 3 nitrogen and oxygen atoms in total. The topological polar surface area (TPSA) is 43.4 Å². The molecule has 0 spiro atoms. The Hall–Kier alpha value is -2.90. The SMILES string of the molecule is Cc1ccc(S(=O)/C=C(\CCO[Si](c2ccccc2)(c2ccccc2)C(C)(C)C)S(=O)c2ccc(C)cc2)cc1. The van der Waals surface area contributed by atoms with Gasteiger partial charge in [-0.3, -0.25) is 0 Å². The van der Waals surface area contributed by atoms with E-state index in [1.807, 2.05) is 74.5 Å². The quantitative estimate of drug-likeness (QED) is 0.188. The van der Waals surface area contributed by atoms with Gasteiger partial charge < -0.3 is 4.43 Å². The van der Waals surface area contributed by atoms with Crippen molar-refractivity contribution in [3.8, 4) is 0 Å². The summed E-state index contributed by atoms with van der Waals surface area (Å²) in [6.07, 6.45) is 0.405. The Morgan fingerprint density at radius 2 is 1.15 bits per heavy atom. The lowest BCUT2D eigenvalue weighted by Gasteiger charge is -2.43. The van der Waals surface area contributed by atoms with Crippen LogP contribution in [0.4, 0.5) is 0 Å². The number of benzene rings is 4. The number of aryl methyl sites for hydroxylation is 2. The summed E-state index contributed by atoms with van der Waals surface area (Å²) in [5.41, 5.74) is 2.21. The summed E-state index contributed by atoms with van der Waals surface area (Å²) in [5, 5.41) is 3.89. The van der Waals surface area contributed by atoms with E-state index in [1.165, 1.54) is 10.4 Å². The molecule has 4 rings (SSSR count). The van der Waals surface area contributed by atoms with Crippen LogP contribution in [0.2, 0.25) is 5.04 Å². The normalized spacial score (nSPS) is 14.1. The number of rotatable bonds is 10. The lowest BCUT2D eigenvalue weighted by molar-refractivity contribution is 0.303. The molecule has 0 bridgehead atoms. The molecule has 4 aromatic carbocycles. The number of hydrogen-bond acceptors (Lipinski definition) is 3. The molecule has 0 aromatic heterocycles. The van der Waals surface area contributed by atoms with E-state index in [1.54, 1.807) is 5.41 Å². The summed E-state index contributed by atoms with van der Waals surface area (Å²) in [6.45, 7) is 11.1. The van der Waals surface area contributed by atoms with E-state index in [9.17, 15) is 8.42 Å². The molecule has 0 aliphatic heterocycles. The second kappa shape index (κ2) is 13.2. The monoisotopic (exact) mass is 586 g/mol. The molecule has 6 heteroatoms. The highest BCUT2D eigenvalue weighted by Crippen LogP contribution is 2.37. The van der Waals surface area contributed by atoms with E-state index in [-0.39, 0.29) is 5.04 Å². The Balaban J connectivity index is 1.71. The molecule has 0 saturated carbocycles. The third-order valence-electron chi connectivity index (χ3n) is 7.05. The Kier molecular flexibility index (Phi) is 9.90. The molecule has 0 heterocycles. The van der Waals surface area contributed by atoms with Crippen LogP contribution in [0.1, 0.15) is 38.3 Å². The lowest BCUT2D eigenvalue weighted by atomic mass is 10.2.